The summed E-state index contributed by atoms with van der Waals surface area (Å²) in [5.74, 6) is -0.986. The summed E-state index contributed by atoms with van der Waals surface area (Å²) in [5, 5.41) is 12.5. The van der Waals surface area contributed by atoms with Gasteiger partial charge in [0.1, 0.15) is 6.04 Å². The smallest absolute Gasteiger partial charge is 0.326 e. The number of piperidine rings is 1. The Bertz CT molecular complexity index is 333. The van der Waals surface area contributed by atoms with E-state index in [2.05, 4.69) is 11.6 Å². The van der Waals surface area contributed by atoms with Crippen molar-refractivity contribution in [1.29, 1.82) is 0 Å². The van der Waals surface area contributed by atoms with Crippen molar-refractivity contribution in [2.24, 2.45) is 5.41 Å². The summed E-state index contributed by atoms with van der Waals surface area (Å²) in [5.41, 5.74) is -0.501. The molecule has 2 N–H and O–H groups in total. The van der Waals surface area contributed by atoms with Crippen LogP contribution in [0.5, 0.6) is 0 Å². The van der Waals surface area contributed by atoms with E-state index in [4.69, 9.17) is 0 Å². The Labute approximate surface area is 119 Å². The lowest BCUT2D eigenvalue weighted by Crippen LogP contribution is -2.54. The van der Waals surface area contributed by atoms with Gasteiger partial charge < -0.3 is 15.3 Å². The van der Waals surface area contributed by atoms with E-state index in [0.29, 0.717) is 18.3 Å². The molecule has 1 aliphatic heterocycles. The lowest BCUT2D eigenvalue weighted by atomic mass is 9.87. The van der Waals surface area contributed by atoms with Gasteiger partial charge in [-0.2, -0.15) is 11.8 Å². The molecule has 6 heteroatoms. The zero-order valence-corrected chi connectivity index (χ0v) is 12.9. The van der Waals surface area contributed by atoms with Crippen molar-refractivity contribution < 1.29 is 14.7 Å². The lowest BCUT2D eigenvalue weighted by Gasteiger charge is -2.34. The SMILES string of the molecule is CSC1CCN(C(=O)N[C@H](C(=O)O)C(C)(C)C)CC1. The van der Waals surface area contributed by atoms with Crippen molar-refractivity contribution in [2.45, 2.75) is 44.9 Å². The van der Waals surface area contributed by atoms with Crippen LogP contribution < -0.4 is 5.32 Å². The molecule has 1 atom stereocenters. The van der Waals surface area contributed by atoms with Gasteiger partial charge in [-0.3, -0.25) is 0 Å². The van der Waals surface area contributed by atoms with Crippen LogP contribution >= 0.6 is 11.8 Å². The first-order valence-corrected chi connectivity index (χ1v) is 7.85. The summed E-state index contributed by atoms with van der Waals surface area (Å²) in [6.45, 7) is 6.84. The van der Waals surface area contributed by atoms with Crippen LogP contribution in [-0.2, 0) is 4.79 Å². The number of carbonyl (C=O) groups excluding carboxylic acids is 1. The molecule has 0 aromatic rings. The predicted octanol–water partition coefficient (Wildman–Crippen LogP) is 2.02. The number of nitrogens with one attached hydrogen (secondary N) is 1. The standard InChI is InChI=1S/C13H24N2O3S/c1-13(2,3)10(11(16)17)14-12(18)15-7-5-9(19-4)6-8-15/h9-10H,5-8H2,1-4H3,(H,14,18)(H,16,17)/t10-/m1/s1. The lowest BCUT2D eigenvalue weighted by molar-refractivity contribution is -0.142. The number of hydrogen-bond acceptors (Lipinski definition) is 3. The van der Waals surface area contributed by atoms with Crippen LogP contribution in [0.3, 0.4) is 0 Å². The molecule has 19 heavy (non-hydrogen) atoms. The Morgan fingerprint density at radius 3 is 2.21 bits per heavy atom. The molecule has 0 aromatic carbocycles. The molecule has 5 nitrogen and oxygen atoms in total. The minimum Gasteiger partial charge on any atom is -0.480 e. The molecule has 1 aliphatic rings. The van der Waals surface area contributed by atoms with E-state index in [0.717, 1.165) is 12.8 Å². The van der Waals surface area contributed by atoms with Crippen molar-refractivity contribution in [3.8, 4) is 0 Å². The quantitative estimate of drug-likeness (QED) is 0.833. The Balaban J connectivity index is 2.57. The number of aliphatic carboxylic acids is 1. The first-order valence-electron chi connectivity index (χ1n) is 6.56. The molecule has 0 saturated carbocycles. The van der Waals surface area contributed by atoms with Gasteiger partial charge in [0, 0.05) is 18.3 Å². The van der Waals surface area contributed by atoms with E-state index < -0.39 is 17.4 Å². The second-order valence-electron chi connectivity index (χ2n) is 6.01. The van der Waals surface area contributed by atoms with Crippen LogP contribution in [0.2, 0.25) is 0 Å². The van der Waals surface area contributed by atoms with Crippen molar-refractivity contribution in [1.82, 2.24) is 10.2 Å². The molecule has 110 valence electrons. The maximum absolute atomic E-state index is 12.1. The number of likely N-dealkylation sites (tertiary alicyclic amines) is 1. The minimum absolute atomic E-state index is 0.262. The van der Waals surface area contributed by atoms with E-state index in [1.165, 1.54) is 0 Å². The average Bonchev–Trinajstić information content (AvgIpc) is 2.34. The van der Waals surface area contributed by atoms with Gasteiger partial charge in [0.05, 0.1) is 0 Å². The van der Waals surface area contributed by atoms with Crippen LogP contribution in [-0.4, -0.2) is 52.6 Å². The van der Waals surface area contributed by atoms with Gasteiger partial charge >= 0.3 is 12.0 Å². The van der Waals surface area contributed by atoms with Crippen LogP contribution in [0.1, 0.15) is 33.6 Å². The molecule has 1 rings (SSSR count). The number of nitrogens with zero attached hydrogens (tertiary/aromatic N) is 1. The van der Waals surface area contributed by atoms with Crippen molar-refractivity contribution in [2.75, 3.05) is 19.3 Å². The van der Waals surface area contributed by atoms with Crippen LogP contribution in [0.25, 0.3) is 0 Å². The van der Waals surface area contributed by atoms with Crippen molar-refractivity contribution in [3.05, 3.63) is 0 Å². The maximum Gasteiger partial charge on any atom is 0.326 e. The number of rotatable bonds is 3. The van der Waals surface area contributed by atoms with Gasteiger partial charge in [0.15, 0.2) is 0 Å². The highest BCUT2D eigenvalue weighted by atomic mass is 32.2. The Hall–Kier alpha value is -0.910. The van der Waals surface area contributed by atoms with Gasteiger partial charge in [-0.1, -0.05) is 20.8 Å². The normalized spacial score (nSPS) is 19.1. The minimum atomic E-state index is -0.986. The fourth-order valence-electron chi connectivity index (χ4n) is 2.16. The molecule has 0 unspecified atom stereocenters. The van der Waals surface area contributed by atoms with E-state index in [1.54, 1.807) is 4.90 Å². The monoisotopic (exact) mass is 288 g/mol. The van der Waals surface area contributed by atoms with E-state index in [-0.39, 0.29) is 6.03 Å². The Morgan fingerprint density at radius 2 is 1.84 bits per heavy atom. The highest BCUT2D eigenvalue weighted by Crippen LogP contribution is 2.22. The fraction of sp³-hybridized carbons (Fsp3) is 0.846. The fourth-order valence-corrected chi connectivity index (χ4v) is 2.84. The van der Waals surface area contributed by atoms with Crippen LogP contribution in [0.4, 0.5) is 4.79 Å². The molecule has 0 spiro atoms. The topological polar surface area (TPSA) is 69.6 Å². The largest absolute Gasteiger partial charge is 0.480 e. The number of amides is 2. The third kappa shape index (κ3) is 4.60. The molecule has 0 aromatic heterocycles. The summed E-state index contributed by atoms with van der Waals surface area (Å²) >= 11 is 1.83. The predicted molar refractivity (Wildman–Crippen MR) is 77.5 cm³/mol. The Kier molecular flexibility index (Phi) is 5.52. The summed E-state index contributed by atoms with van der Waals surface area (Å²) < 4.78 is 0. The molecule has 0 radical (unpaired) electrons. The molecule has 0 bridgehead atoms. The number of carboxylic acid groups (broad SMARTS) is 1. The van der Waals surface area contributed by atoms with Gasteiger partial charge in [-0.25, -0.2) is 9.59 Å². The summed E-state index contributed by atoms with van der Waals surface area (Å²) in [7, 11) is 0. The average molecular weight is 288 g/mol. The van der Waals surface area contributed by atoms with Crippen LogP contribution in [0.15, 0.2) is 0 Å². The van der Waals surface area contributed by atoms with Gasteiger partial charge in [-0.15, -0.1) is 0 Å². The Morgan fingerprint density at radius 1 is 1.32 bits per heavy atom. The van der Waals surface area contributed by atoms with E-state index in [9.17, 15) is 14.7 Å². The van der Waals surface area contributed by atoms with Crippen molar-refractivity contribution >= 4 is 23.8 Å². The number of thioether (sulfide) groups is 1. The summed E-state index contributed by atoms with van der Waals surface area (Å²) in [6, 6.07) is -1.12. The number of carbonyl (C=O) groups is 2. The number of carboxylic acids is 1. The van der Waals surface area contributed by atoms with Gasteiger partial charge in [-0.05, 0) is 24.5 Å². The summed E-state index contributed by atoms with van der Waals surface area (Å²) in [6.07, 6.45) is 4.03. The molecule has 0 aliphatic carbocycles. The van der Waals surface area contributed by atoms with Crippen molar-refractivity contribution in [3.63, 3.8) is 0 Å². The second kappa shape index (κ2) is 6.50. The third-order valence-electron chi connectivity index (χ3n) is 3.44. The highest BCUT2D eigenvalue weighted by Gasteiger charge is 2.34. The molecular weight excluding hydrogens is 264 g/mol. The second-order valence-corrected chi connectivity index (χ2v) is 7.15. The first kappa shape index (κ1) is 16.1. The highest BCUT2D eigenvalue weighted by molar-refractivity contribution is 7.99. The molecule has 2 amide bonds. The third-order valence-corrected chi connectivity index (χ3v) is 4.58. The molecular formula is C13H24N2O3S. The van der Waals surface area contributed by atoms with E-state index >= 15 is 0 Å². The van der Waals surface area contributed by atoms with Gasteiger partial charge in [0.2, 0.25) is 0 Å². The zero-order chi connectivity index (χ0) is 14.6. The van der Waals surface area contributed by atoms with Gasteiger partial charge in [0.25, 0.3) is 0 Å². The zero-order valence-electron chi connectivity index (χ0n) is 12.1. The summed E-state index contributed by atoms with van der Waals surface area (Å²) in [4.78, 5) is 25.0. The van der Waals surface area contributed by atoms with E-state index in [1.807, 2.05) is 32.5 Å². The number of urea groups is 1. The number of hydrogen-bond donors (Lipinski definition) is 2. The maximum atomic E-state index is 12.1. The molecule has 1 fully saturated rings. The molecule has 1 heterocycles. The first-order chi connectivity index (χ1) is 8.75. The van der Waals surface area contributed by atoms with Crippen LogP contribution in [0, 0.1) is 5.41 Å². The molecule has 1 saturated heterocycles.